The summed E-state index contributed by atoms with van der Waals surface area (Å²) in [6.07, 6.45) is 6.92. The maximum atomic E-state index is 13.2. The number of rotatable bonds is 5. The van der Waals surface area contributed by atoms with Crippen molar-refractivity contribution in [3.63, 3.8) is 0 Å². The van der Waals surface area contributed by atoms with Gasteiger partial charge in [0.05, 0.1) is 4.90 Å². The van der Waals surface area contributed by atoms with E-state index >= 15 is 0 Å². The zero-order valence-corrected chi connectivity index (χ0v) is 19.1. The molecule has 4 rings (SSSR count). The Morgan fingerprint density at radius 1 is 0.903 bits per heavy atom. The van der Waals surface area contributed by atoms with Gasteiger partial charge in [-0.15, -0.1) is 0 Å². The van der Waals surface area contributed by atoms with Gasteiger partial charge < -0.3 is 10.2 Å². The van der Waals surface area contributed by atoms with E-state index in [2.05, 4.69) is 5.32 Å². The zero-order valence-electron chi connectivity index (χ0n) is 18.3. The molecule has 1 aliphatic carbocycles. The average molecular weight is 448 g/mol. The van der Waals surface area contributed by atoms with Crippen LogP contribution >= 0.6 is 0 Å². The number of amides is 2. The van der Waals surface area contributed by atoms with Gasteiger partial charge in [0, 0.05) is 31.6 Å². The predicted molar refractivity (Wildman–Crippen MR) is 118 cm³/mol. The van der Waals surface area contributed by atoms with Gasteiger partial charge >= 0.3 is 0 Å². The molecule has 31 heavy (non-hydrogen) atoms. The molecule has 2 saturated heterocycles. The summed E-state index contributed by atoms with van der Waals surface area (Å²) in [5.74, 6) is -0.224. The van der Waals surface area contributed by atoms with E-state index < -0.39 is 10.0 Å². The third kappa shape index (κ3) is 4.80. The molecule has 0 radical (unpaired) electrons. The molecular weight excluding hydrogens is 414 g/mol. The van der Waals surface area contributed by atoms with Gasteiger partial charge in [-0.3, -0.25) is 9.59 Å². The SMILES string of the molecule is Cc1ccc(S(=O)(=O)N2CCC(C(=O)N3CCC[C@H]3C(=O)NC3CCCC3)CC2)cc1. The number of carbonyl (C=O) groups excluding carboxylic acids is 2. The van der Waals surface area contributed by atoms with Crippen LogP contribution in [0.2, 0.25) is 0 Å². The largest absolute Gasteiger partial charge is 0.352 e. The van der Waals surface area contributed by atoms with Crippen molar-refractivity contribution in [3.8, 4) is 0 Å². The van der Waals surface area contributed by atoms with Gasteiger partial charge in [-0.2, -0.15) is 4.31 Å². The van der Waals surface area contributed by atoms with Crippen molar-refractivity contribution in [2.24, 2.45) is 5.92 Å². The highest BCUT2D eigenvalue weighted by molar-refractivity contribution is 7.89. The van der Waals surface area contributed by atoms with Gasteiger partial charge in [0.15, 0.2) is 0 Å². The third-order valence-corrected chi connectivity index (χ3v) is 8.91. The Morgan fingerprint density at radius 3 is 2.19 bits per heavy atom. The lowest BCUT2D eigenvalue weighted by Crippen LogP contribution is -2.51. The van der Waals surface area contributed by atoms with Crippen LogP contribution in [0.15, 0.2) is 29.2 Å². The van der Waals surface area contributed by atoms with Crippen LogP contribution in [0.5, 0.6) is 0 Å². The number of carbonyl (C=O) groups is 2. The van der Waals surface area contributed by atoms with Gasteiger partial charge in [0.1, 0.15) is 6.04 Å². The van der Waals surface area contributed by atoms with Crippen LogP contribution in [0.3, 0.4) is 0 Å². The van der Waals surface area contributed by atoms with Crippen molar-refractivity contribution in [2.45, 2.75) is 75.3 Å². The van der Waals surface area contributed by atoms with Crippen molar-refractivity contribution in [2.75, 3.05) is 19.6 Å². The number of aryl methyl sites for hydroxylation is 1. The van der Waals surface area contributed by atoms with Crippen molar-refractivity contribution < 1.29 is 18.0 Å². The Kier molecular flexibility index (Phi) is 6.67. The molecule has 3 aliphatic rings. The summed E-state index contributed by atoms with van der Waals surface area (Å²) in [4.78, 5) is 28.0. The molecule has 1 aromatic carbocycles. The second-order valence-electron chi connectivity index (χ2n) is 9.17. The fourth-order valence-electron chi connectivity index (χ4n) is 5.11. The quantitative estimate of drug-likeness (QED) is 0.751. The Hall–Kier alpha value is -1.93. The first-order chi connectivity index (χ1) is 14.9. The number of nitrogens with zero attached hydrogens (tertiary/aromatic N) is 2. The van der Waals surface area contributed by atoms with Crippen LogP contribution in [0.25, 0.3) is 0 Å². The highest BCUT2D eigenvalue weighted by Gasteiger charge is 2.40. The first-order valence-corrected chi connectivity index (χ1v) is 13.0. The summed E-state index contributed by atoms with van der Waals surface area (Å²) in [5, 5.41) is 3.14. The molecule has 0 bridgehead atoms. The Bertz CT molecular complexity index is 901. The molecule has 8 heteroatoms. The number of hydrogen-bond donors (Lipinski definition) is 1. The monoisotopic (exact) mass is 447 g/mol. The minimum atomic E-state index is -3.54. The molecule has 2 heterocycles. The Balaban J connectivity index is 1.35. The minimum absolute atomic E-state index is 0.0106. The molecule has 170 valence electrons. The lowest BCUT2D eigenvalue weighted by Gasteiger charge is -2.34. The molecule has 1 saturated carbocycles. The number of piperidine rings is 1. The highest BCUT2D eigenvalue weighted by atomic mass is 32.2. The molecule has 1 atom stereocenters. The zero-order chi connectivity index (χ0) is 22.0. The lowest BCUT2D eigenvalue weighted by molar-refractivity contribution is -0.142. The summed E-state index contributed by atoms with van der Waals surface area (Å²) in [7, 11) is -3.54. The summed E-state index contributed by atoms with van der Waals surface area (Å²) in [5.41, 5.74) is 1.01. The Morgan fingerprint density at radius 2 is 1.55 bits per heavy atom. The van der Waals surface area contributed by atoms with Crippen molar-refractivity contribution >= 4 is 21.8 Å². The van der Waals surface area contributed by atoms with E-state index in [0.717, 1.165) is 37.7 Å². The molecule has 1 aromatic rings. The van der Waals surface area contributed by atoms with Gasteiger partial charge in [0.25, 0.3) is 0 Å². The van der Waals surface area contributed by atoms with E-state index in [4.69, 9.17) is 0 Å². The number of hydrogen-bond acceptors (Lipinski definition) is 4. The summed E-state index contributed by atoms with van der Waals surface area (Å²) in [6, 6.07) is 6.75. The lowest BCUT2D eigenvalue weighted by atomic mass is 9.96. The van der Waals surface area contributed by atoms with Gasteiger partial charge in [0.2, 0.25) is 21.8 Å². The molecule has 2 aliphatic heterocycles. The van der Waals surface area contributed by atoms with Crippen molar-refractivity contribution in [3.05, 3.63) is 29.8 Å². The summed E-state index contributed by atoms with van der Waals surface area (Å²) < 4.78 is 27.3. The van der Waals surface area contributed by atoms with Crippen LogP contribution in [-0.4, -0.2) is 61.2 Å². The van der Waals surface area contributed by atoms with Gasteiger partial charge in [-0.25, -0.2) is 8.42 Å². The first-order valence-electron chi connectivity index (χ1n) is 11.5. The van der Waals surface area contributed by atoms with Gasteiger partial charge in [-0.1, -0.05) is 30.5 Å². The molecule has 0 spiro atoms. The maximum absolute atomic E-state index is 13.2. The number of likely N-dealkylation sites (tertiary alicyclic amines) is 1. The van der Waals surface area contributed by atoms with E-state index in [0.29, 0.717) is 43.8 Å². The Labute approximate surface area is 185 Å². The number of sulfonamides is 1. The molecule has 7 nitrogen and oxygen atoms in total. The predicted octanol–water partition coefficient (Wildman–Crippen LogP) is 2.45. The van der Waals surface area contributed by atoms with E-state index in [1.54, 1.807) is 29.2 Å². The standard InChI is InChI=1S/C23H33N3O4S/c1-17-8-10-20(11-9-17)31(29,30)25-15-12-18(13-16-25)23(28)26-14-4-7-21(26)22(27)24-19-5-2-3-6-19/h8-11,18-19,21H,2-7,12-16H2,1H3,(H,24,27)/t21-/m0/s1. The molecule has 2 amide bonds. The average Bonchev–Trinajstić information content (AvgIpc) is 3.46. The normalized spacial score (nSPS) is 23.9. The van der Waals surface area contributed by atoms with Crippen LogP contribution in [0.4, 0.5) is 0 Å². The molecule has 1 N–H and O–H groups in total. The van der Waals surface area contributed by atoms with E-state index in [-0.39, 0.29) is 29.8 Å². The van der Waals surface area contributed by atoms with E-state index in [1.165, 1.54) is 4.31 Å². The summed E-state index contributed by atoms with van der Waals surface area (Å²) >= 11 is 0. The molecule has 0 unspecified atom stereocenters. The van der Waals surface area contributed by atoms with E-state index in [1.807, 2.05) is 6.92 Å². The van der Waals surface area contributed by atoms with Crippen molar-refractivity contribution in [1.82, 2.24) is 14.5 Å². The minimum Gasteiger partial charge on any atom is -0.352 e. The second-order valence-corrected chi connectivity index (χ2v) is 11.1. The molecule has 3 fully saturated rings. The van der Waals surface area contributed by atoms with Crippen molar-refractivity contribution in [1.29, 1.82) is 0 Å². The summed E-state index contributed by atoms with van der Waals surface area (Å²) in [6.45, 7) is 3.20. The highest BCUT2D eigenvalue weighted by Crippen LogP contribution is 2.28. The smallest absolute Gasteiger partial charge is 0.243 e. The molecular formula is C23H33N3O4S. The van der Waals surface area contributed by atoms with Crippen LogP contribution in [0.1, 0.15) is 56.9 Å². The van der Waals surface area contributed by atoms with E-state index in [9.17, 15) is 18.0 Å². The topological polar surface area (TPSA) is 86.8 Å². The van der Waals surface area contributed by atoms with Crippen LogP contribution in [0, 0.1) is 12.8 Å². The fourth-order valence-corrected chi connectivity index (χ4v) is 6.58. The maximum Gasteiger partial charge on any atom is 0.243 e. The van der Waals surface area contributed by atoms with Gasteiger partial charge in [-0.05, 0) is 57.6 Å². The second kappa shape index (κ2) is 9.28. The number of nitrogens with one attached hydrogen (secondary N) is 1. The third-order valence-electron chi connectivity index (χ3n) is 7.00. The fraction of sp³-hybridized carbons (Fsp3) is 0.652. The number of benzene rings is 1. The van der Waals surface area contributed by atoms with Crippen LogP contribution < -0.4 is 5.32 Å². The molecule has 0 aromatic heterocycles. The van der Waals surface area contributed by atoms with Crippen LogP contribution in [-0.2, 0) is 19.6 Å². The first kappa shape index (κ1) is 22.3.